The third-order valence-corrected chi connectivity index (χ3v) is 7.34. The fourth-order valence-electron chi connectivity index (χ4n) is 3.25. The lowest BCUT2D eigenvalue weighted by molar-refractivity contribution is -0.139. The summed E-state index contributed by atoms with van der Waals surface area (Å²) in [7, 11) is 0. The fourth-order valence-corrected chi connectivity index (χ4v) is 5.89. The van der Waals surface area contributed by atoms with Gasteiger partial charge in [0.15, 0.2) is 0 Å². The fraction of sp³-hybridized carbons (Fsp3) is 0.556. The molecule has 1 heterocycles. The molecule has 26 heavy (non-hydrogen) atoms. The summed E-state index contributed by atoms with van der Waals surface area (Å²) in [5.74, 6) is 0.576. The minimum atomic E-state index is -4.52. The first-order chi connectivity index (χ1) is 12.3. The number of hydrogen-bond donors (Lipinski definition) is 1. The van der Waals surface area contributed by atoms with Crippen LogP contribution in [0.3, 0.4) is 0 Å². The molecular formula is C18H19F3N2OS2. The van der Waals surface area contributed by atoms with E-state index in [4.69, 9.17) is 0 Å². The van der Waals surface area contributed by atoms with Crippen molar-refractivity contribution in [3.05, 3.63) is 29.3 Å². The summed E-state index contributed by atoms with van der Waals surface area (Å²) < 4.78 is 40.5. The number of rotatable bonds is 4. The first-order valence-electron chi connectivity index (χ1n) is 8.52. The van der Waals surface area contributed by atoms with Crippen molar-refractivity contribution in [2.45, 2.75) is 54.0 Å². The van der Waals surface area contributed by atoms with Crippen molar-refractivity contribution in [2.75, 3.05) is 11.5 Å². The lowest BCUT2D eigenvalue weighted by atomic mass is 10.00. The molecule has 1 N–H and O–H groups in total. The maximum Gasteiger partial charge on any atom is 0.417 e. The Morgan fingerprint density at radius 1 is 1.35 bits per heavy atom. The Balaban J connectivity index is 1.84. The van der Waals surface area contributed by atoms with Gasteiger partial charge in [-0.25, -0.2) is 0 Å². The molecule has 2 aliphatic rings. The van der Waals surface area contributed by atoms with Crippen LogP contribution in [-0.4, -0.2) is 28.2 Å². The molecule has 1 aromatic rings. The van der Waals surface area contributed by atoms with Crippen molar-refractivity contribution in [2.24, 2.45) is 0 Å². The highest BCUT2D eigenvalue weighted by atomic mass is 32.2. The topological polar surface area (TPSA) is 52.9 Å². The number of benzene rings is 1. The molecule has 2 fully saturated rings. The second-order valence-electron chi connectivity index (χ2n) is 6.68. The molecular weight excluding hydrogens is 381 g/mol. The Morgan fingerprint density at radius 2 is 2.08 bits per heavy atom. The van der Waals surface area contributed by atoms with Gasteiger partial charge in [-0.3, -0.25) is 4.79 Å². The van der Waals surface area contributed by atoms with E-state index >= 15 is 0 Å². The minimum absolute atomic E-state index is 0.0559. The third-order valence-electron chi connectivity index (χ3n) is 4.73. The highest BCUT2D eigenvalue weighted by Crippen LogP contribution is 2.42. The van der Waals surface area contributed by atoms with E-state index in [1.807, 2.05) is 0 Å². The van der Waals surface area contributed by atoms with E-state index in [1.165, 1.54) is 23.9 Å². The number of hydrogen-bond acceptors (Lipinski definition) is 4. The van der Waals surface area contributed by atoms with Gasteiger partial charge in [0.25, 0.3) is 5.91 Å². The summed E-state index contributed by atoms with van der Waals surface area (Å²) in [6.45, 7) is 0. The maximum absolute atomic E-state index is 13.5. The Kier molecular flexibility index (Phi) is 5.78. The minimum Gasteiger partial charge on any atom is -0.333 e. The van der Waals surface area contributed by atoms with Crippen LogP contribution in [0, 0.1) is 11.3 Å². The number of nitrogens with zero attached hydrogens (tertiary/aromatic N) is 1. The van der Waals surface area contributed by atoms with Gasteiger partial charge < -0.3 is 5.32 Å². The molecule has 0 aromatic heterocycles. The summed E-state index contributed by atoms with van der Waals surface area (Å²) in [6.07, 6.45) is -0.0738. The average molecular weight is 400 g/mol. The lowest BCUT2D eigenvalue weighted by Gasteiger charge is -2.22. The van der Waals surface area contributed by atoms with Crippen LogP contribution in [0.1, 0.15) is 48.0 Å². The molecule has 1 saturated carbocycles. The van der Waals surface area contributed by atoms with Gasteiger partial charge in [-0.15, -0.1) is 11.8 Å². The molecule has 1 aliphatic heterocycles. The Hall–Kier alpha value is -1.33. The van der Waals surface area contributed by atoms with Gasteiger partial charge in [0.2, 0.25) is 0 Å². The number of nitriles is 1. The molecule has 3 nitrogen and oxygen atoms in total. The number of halogens is 3. The average Bonchev–Trinajstić information content (AvgIpc) is 3.26. The highest BCUT2D eigenvalue weighted by Gasteiger charge is 2.38. The zero-order valence-corrected chi connectivity index (χ0v) is 15.7. The van der Waals surface area contributed by atoms with Crippen molar-refractivity contribution in [3.63, 3.8) is 0 Å². The van der Waals surface area contributed by atoms with Crippen molar-refractivity contribution >= 4 is 29.4 Å². The van der Waals surface area contributed by atoms with Crippen molar-refractivity contribution in [1.82, 2.24) is 5.32 Å². The number of amides is 1. The molecule has 0 spiro atoms. The first-order valence-corrected chi connectivity index (χ1v) is 10.6. The molecule has 1 aliphatic carbocycles. The van der Waals surface area contributed by atoms with Crippen LogP contribution >= 0.6 is 23.5 Å². The Labute approximate surface area is 159 Å². The molecule has 0 radical (unpaired) electrons. The van der Waals surface area contributed by atoms with Crippen LogP contribution in [0.4, 0.5) is 13.2 Å². The number of alkyl halides is 3. The third kappa shape index (κ3) is 4.32. The van der Waals surface area contributed by atoms with Gasteiger partial charge in [0, 0.05) is 21.5 Å². The summed E-state index contributed by atoms with van der Waals surface area (Å²) in [5.41, 5.74) is -1.81. The molecule has 140 valence electrons. The quantitative estimate of drug-likeness (QED) is 0.784. The van der Waals surface area contributed by atoms with Gasteiger partial charge in [-0.05, 0) is 43.2 Å². The molecule has 1 saturated heterocycles. The zero-order valence-electron chi connectivity index (χ0n) is 14.1. The maximum atomic E-state index is 13.5. The lowest BCUT2D eigenvalue weighted by Crippen LogP contribution is -2.47. The molecule has 3 rings (SSSR count). The zero-order chi connectivity index (χ0) is 18.8. The van der Waals surface area contributed by atoms with Crippen molar-refractivity contribution < 1.29 is 18.0 Å². The predicted octanol–water partition coefficient (Wildman–Crippen LogP) is 4.87. The Bertz CT molecular complexity index is 718. The van der Waals surface area contributed by atoms with Crippen LogP contribution in [0.25, 0.3) is 0 Å². The number of carbonyl (C=O) groups is 1. The first kappa shape index (κ1) is 19.4. The smallest absolute Gasteiger partial charge is 0.333 e. The molecule has 1 aromatic carbocycles. The normalized spacial score (nSPS) is 23.8. The van der Waals surface area contributed by atoms with E-state index in [1.54, 1.807) is 11.8 Å². The summed E-state index contributed by atoms with van der Waals surface area (Å²) in [5, 5.41) is 12.2. The second kappa shape index (κ2) is 7.73. The SMILES string of the molecule is N#CC1(NC(=O)c2ccc(SC3CCCC3)c(C(F)(F)F)c2)CCSC1. The van der Waals surface area contributed by atoms with E-state index in [2.05, 4.69) is 11.4 Å². The molecule has 0 bridgehead atoms. The monoisotopic (exact) mass is 400 g/mol. The van der Waals surface area contributed by atoms with E-state index < -0.39 is 23.2 Å². The van der Waals surface area contributed by atoms with E-state index in [9.17, 15) is 23.2 Å². The number of thioether (sulfide) groups is 2. The molecule has 1 amide bonds. The molecule has 1 atom stereocenters. The van der Waals surface area contributed by atoms with Crippen LogP contribution in [-0.2, 0) is 6.18 Å². The summed E-state index contributed by atoms with van der Waals surface area (Å²) >= 11 is 2.80. The van der Waals surface area contributed by atoms with E-state index in [0.717, 1.165) is 37.5 Å². The predicted molar refractivity (Wildman–Crippen MR) is 97.3 cm³/mol. The van der Waals surface area contributed by atoms with E-state index in [-0.39, 0.29) is 15.7 Å². The van der Waals surface area contributed by atoms with Gasteiger partial charge in [0.1, 0.15) is 5.54 Å². The molecule has 1 unspecified atom stereocenters. The van der Waals surface area contributed by atoms with E-state index in [0.29, 0.717) is 12.2 Å². The van der Waals surface area contributed by atoms with Crippen LogP contribution < -0.4 is 5.32 Å². The van der Waals surface area contributed by atoms with Crippen LogP contribution in [0.5, 0.6) is 0 Å². The summed E-state index contributed by atoms with van der Waals surface area (Å²) in [4.78, 5) is 12.6. The van der Waals surface area contributed by atoms with Gasteiger partial charge in [-0.2, -0.15) is 30.2 Å². The van der Waals surface area contributed by atoms with Crippen molar-refractivity contribution in [3.8, 4) is 6.07 Å². The van der Waals surface area contributed by atoms with Gasteiger partial charge in [0.05, 0.1) is 11.6 Å². The van der Waals surface area contributed by atoms with Crippen LogP contribution in [0.2, 0.25) is 0 Å². The number of nitrogens with one attached hydrogen (secondary N) is 1. The van der Waals surface area contributed by atoms with Gasteiger partial charge >= 0.3 is 6.18 Å². The largest absolute Gasteiger partial charge is 0.417 e. The Morgan fingerprint density at radius 3 is 2.65 bits per heavy atom. The van der Waals surface area contributed by atoms with Gasteiger partial charge in [-0.1, -0.05) is 12.8 Å². The van der Waals surface area contributed by atoms with Crippen LogP contribution in [0.15, 0.2) is 23.1 Å². The second-order valence-corrected chi connectivity index (χ2v) is 9.13. The van der Waals surface area contributed by atoms with Crippen molar-refractivity contribution in [1.29, 1.82) is 5.26 Å². The summed E-state index contributed by atoms with van der Waals surface area (Å²) in [6, 6.07) is 5.84. The standard InChI is InChI=1S/C18H19F3N2OS2/c19-18(20,21)14-9-12(5-6-15(14)26-13-3-1-2-4-13)16(24)23-17(10-22)7-8-25-11-17/h5-6,9,13H,1-4,7-8,11H2,(H,23,24). The molecule has 8 heteroatoms. The highest BCUT2D eigenvalue weighted by molar-refractivity contribution is 8.00. The number of carbonyl (C=O) groups excluding carboxylic acids is 1.